The predicted octanol–water partition coefficient (Wildman–Crippen LogP) is 1.57. The summed E-state index contributed by atoms with van der Waals surface area (Å²) in [7, 11) is 0. The number of nitrogens with one attached hydrogen (secondary N) is 1. The van der Waals surface area contributed by atoms with Crippen molar-refractivity contribution in [1.82, 2.24) is 5.32 Å². The van der Waals surface area contributed by atoms with Crippen molar-refractivity contribution in [3.63, 3.8) is 0 Å². The van der Waals surface area contributed by atoms with E-state index in [1.54, 1.807) is 0 Å². The Labute approximate surface area is 89.7 Å². The lowest BCUT2D eigenvalue weighted by Crippen LogP contribution is -2.33. The van der Waals surface area contributed by atoms with Crippen LogP contribution in [0.15, 0.2) is 24.3 Å². The van der Waals surface area contributed by atoms with Gasteiger partial charge in [-0.2, -0.15) is 5.26 Å². The fraction of sp³-hybridized carbons (Fsp3) is 0.333. The van der Waals surface area contributed by atoms with Crippen molar-refractivity contribution in [2.45, 2.75) is 26.3 Å². The molecule has 0 radical (unpaired) electrons. The smallest absolute Gasteiger partial charge is 0.217 e. The van der Waals surface area contributed by atoms with Crippen LogP contribution >= 0.6 is 0 Å². The number of hydrogen-bond donors (Lipinski definition) is 1. The van der Waals surface area contributed by atoms with Gasteiger partial charge in [-0.15, -0.1) is 0 Å². The number of nitriles is 1. The lowest BCUT2D eigenvalue weighted by atomic mass is 10.0. The summed E-state index contributed by atoms with van der Waals surface area (Å²) in [4.78, 5) is 10.8. The SMILES string of the molecule is CC(=O)N[C@H](C#N)Cc1cccc(C)c1. The quantitative estimate of drug-likeness (QED) is 0.808. The lowest BCUT2D eigenvalue weighted by molar-refractivity contribution is -0.119. The molecule has 15 heavy (non-hydrogen) atoms. The molecule has 1 amide bonds. The number of hydrogen-bond acceptors (Lipinski definition) is 2. The van der Waals surface area contributed by atoms with E-state index in [1.165, 1.54) is 6.92 Å². The number of amides is 1. The molecular formula is C12H14N2O. The molecule has 3 heteroatoms. The Balaban J connectivity index is 2.67. The lowest BCUT2D eigenvalue weighted by Gasteiger charge is -2.10. The van der Waals surface area contributed by atoms with Gasteiger partial charge in [-0.1, -0.05) is 29.8 Å². The molecule has 1 atom stereocenters. The first-order valence-electron chi connectivity index (χ1n) is 4.84. The maximum atomic E-state index is 10.8. The van der Waals surface area contributed by atoms with Crippen LogP contribution in [-0.4, -0.2) is 11.9 Å². The van der Waals surface area contributed by atoms with E-state index in [1.807, 2.05) is 31.2 Å². The maximum absolute atomic E-state index is 10.8. The van der Waals surface area contributed by atoms with Crippen LogP contribution in [0.2, 0.25) is 0 Å². The van der Waals surface area contributed by atoms with Gasteiger partial charge in [-0.25, -0.2) is 0 Å². The Morgan fingerprint density at radius 3 is 2.87 bits per heavy atom. The van der Waals surface area contributed by atoms with E-state index >= 15 is 0 Å². The highest BCUT2D eigenvalue weighted by atomic mass is 16.1. The number of rotatable bonds is 3. The van der Waals surface area contributed by atoms with E-state index in [9.17, 15) is 4.79 Å². The Bertz CT molecular complexity index is 393. The summed E-state index contributed by atoms with van der Waals surface area (Å²) in [5.74, 6) is -0.172. The molecule has 0 saturated heterocycles. The standard InChI is InChI=1S/C12H14N2O/c1-9-4-3-5-11(6-9)7-12(8-13)14-10(2)15/h3-6,12H,7H2,1-2H3,(H,14,15)/t12-/m0/s1. The highest BCUT2D eigenvalue weighted by molar-refractivity contribution is 5.73. The van der Waals surface area contributed by atoms with Gasteiger partial charge in [0.15, 0.2) is 0 Å². The zero-order valence-corrected chi connectivity index (χ0v) is 8.95. The van der Waals surface area contributed by atoms with E-state index in [2.05, 4.69) is 11.4 Å². The van der Waals surface area contributed by atoms with Gasteiger partial charge in [0.25, 0.3) is 0 Å². The van der Waals surface area contributed by atoms with Crippen molar-refractivity contribution in [1.29, 1.82) is 5.26 Å². The molecule has 1 N–H and O–H groups in total. The molecular weight excluding hydrogens is 188 g/mol. The average molecular weight is 202 g/mol. The van der Waals surface area contributed by atoms with Gasteiger partial charge in [-0.3, -0.25) is 4.79 Å². The second-order valence-corrected chi connectivity index (χ2v) is 3.58. The van der Waals surface area contributed by atoms with E-state index < -0.39 is 6.04 Å². The first kappa shape index (κ1) is 11.3. The molecule has 0 aliphatic carbocycles. The minimum atomic E-state index is -0.440. The van der Waals surface area contributed by atoms with Crippen molar-refractivity contribution in [3.05, 3.63) is 35.4 Å². The molecule has 0 fully saturated rings. The number of aryl methyl sites for hydroxylation is 1. The summed E-state index contributed by atoms with van der Waals surface area (Å²) in [6.07, 6.45) is 0.553. The maximum Gasteiger partial charge on any atom is 0.217 e. The molecule has 0 bridgehead atoms. The number of carbonyl (C=O) groups excluding carboxylic acids is 1. The highest BCUT2D eigenvalue weighted by Gasteiger charge is 2.08. The second-order valence-electron chi connectivity index (χ2n) is 3.58. The summed E-state index contributed by atoms with van der Waals surface area (Å²) in [5, 5.41) is 11.4. The molecule has 0 aromatic heterocycles. The molecule has 0 aliphatic heterocycles. The summed E-state index contributed by atoms with van der Waals surface area (Å²) in [5.41, 5.74) is 2.22. The number of carbonyl (C=O) groups is 1. The second kappa shape index (κ2) is 5.16. The van der Waals surface area contributed by atoms with E-state index in [0.717, 1.165) is 11.1 Å². The molecule has 0 spiro atoms. The van der Waals surface area contributed by atoms with Crippen LogP contribution in [0.4, 0.5) is 0 Å². The molecule has 0 saturated carbocycles. The summed E-state index contributed by atoms with van der Waals surface area (Å²) in [6.45, 7) is 3.42. The van der Waals surface area contributed by atoms with Gasteiger partial charge in [0.2, 0.25) is 5.91 Å². The van der Waals surface area contributed by atoms with E-state index in [0.29, 0.717) is 6.42 Å². The van der Waals surface area contributed by atoms with Gasteiger partial charge in [0.1, 0.15) is 6.04 Å². The van der Waals surface area contributed by atoms with Crippen LogP contribution in [0, 0.1) is 18.3 Å². The minimum absolute atomic E-state index is 0.172. The first-order chi connectivity index (χ1) is 7.11. The monoisotopic (exact) mass is 202 g/mol. The van der Waals surface area contributed by atoms with Crippen LogP contribution < -0.4 is 5.32 Å². The fourth-order valence-electron chi connectivity index (χ4n) is 1.45. The number of benzene rings is 1. The topological polar surface area (TPSA) is 52.9 Å². The normalized spacial score (nSPS) is 11.5. The Morgan fingerprint density at radius 2 is 2.33 bits per heavy atom. The summed E-state index contributed by atoms with van der Waals surface area (Å²) in [6, 6.07) is 9.56. The molecule has 1 aromatic carbocycles. The Hall–Kier alpha value is -1.82. The molecule has 0 heterocycles. The van der Waals surface area contributed by atoms with Gasteiger partial charge in [-0.05, 0) is 12.5 Å². The van der Waals surface area contributed by atoms with Gasteiger partial charge in [0, 0.05) is 13.3 Å². The zero-order valence-electron chi connectivity index (χ0n) is 8.95. The van der Waals surface area contributed by atoms with Crippen molar-refractivity contribution in [3.8, 4) is 6.07 Å². The zero-order chi connectivity index (χ0) is 11.3. The molecule has 78 valence electrons. The Kier molecular flexibility index (Phi) is 3.87. The van der Waals surface area contributed by atoms with E-state index in [4.69, 9.17) is 5.26 Å². The fourth-order valence-corrected chi connectivity index (χ4v) is 1.45. The third kappa shape index (κ3) is 3.82. The van der Waals surface area contributed by atoms with Crippen LogP contribution in [0.3, 0.4) is 0 Å². The van der Waals surface area contributed by atoms with Crippen molar-refractivity contribution < 1.29 is 4.79 Å². The highest BCUT2D eigenvalue weighted by Crippen LogP contribution is 2.06. The Morgan fingerprint density at radius 1 is 1.60 bits per heavy atom. The van der Waals surface area contributed by atoms with E-state index in [-0.39, 0.29) is 5.91 Å². The largest absolute Gasteiger partial charge is 0.340 e. The third-order valence-electron chi connectivity index (χ3n) is 2.06. The summed E-state index contributed by atoms with van der Waals surface area (Å²) < 4.78 is 0. The van der Waals surface area contributed by atoms with Crippen molar-refractivity contribution in [2.75, 3.05) is 0 Å². The first-order valence-corrected chi connectivity index (χ1v) is 4.84. The van der Waals surface area contributed by atoms with Crippen LogP contribution in [0.25, 0.3) is 0 Å². The minimum Gasteiger partial charge on any atom is -0.340 e. The molecule has 1 aromatic rings. The third-order valence-corrected chi connectivity index (χ3v) is 2.06. The molecule has 3 nitrogen and oxygen atoms in total. The van der Waals surface area contributed by atoms with Crippen molar-refractivity contribution >= 4 is 5.91 Å². The van der Waals surface area contributed by atoms with Crippen LogP contribution in [0.5, 0.6) is 0 Å². The van der Waals surface area contributed by atoms with Gasteiger partial charge in [0.05, 0.1) is 6.07 Å². The predicted molar refractivity (Wildman–Crippen MR) is 58.1 cm³/mol. The van der Waals surface area contributed by atoms with Gasteiger partial charge < -0.3 is 5.32 Å². The molecule has 0 unspecified atom stereocenters. The van der Waals surface area contributed by atoms with Crippen LogP contribution in [-0.2, 0) is 11.2 Å². The van der Waals surface area contributed by atoms with Crippen LogP contribution in [0.1, 0.15) is 18.1 Å². The number of nitrogens with zero attached hydrogens (tertiary/aromatic N) is 1. The average Bonchev–Trinajstić information content (AvgIpc) is 2.16. The summed E-state index contributed by atoms with van der Waals surface area (Å²) >= 11 is 0. The molecule has 1 rings (SSSR count). The van der Waals surface area contributed by atoms with Crippen molar-refractivity contribution in [2.24, 2.45) is 0 Å². The van der Waals surface area contributed by atoms with Gasteiger partial charge >= 0.3 is 0 Å². The molecule has 0 aliphatic rings.